The van der Waals surface area contributed by atoms with E-state index in [1.165, 1.54) is 6.07 Å². The highest BCUT2D eigenvalue weighted by Gasteiger charge is 2.22. The van der Waals surface area contributed by atoms with Crippen LogP contribution in [-0.2, 0) is 16.4 Å². The number of hydrogen-bond acceptors (Lipinski definition) is 5. The first-order valence-electron chi connectivity index (χ1n) is 5.84. The van der Waals surface area contributed by atoms with Crippen LogP contribution in [0.15, 0.2) is 29.2 Å². The van der Waals surface area contributed by atoms with Crippen LogP contribution in [0, 0.1) is 10.1 Å². The minimum atomic E-state index is -4.06. The highest BCUT2D eigenvalue weighted by atomic mass is 35.5. The molecule has 21 heavy (non-hydrogen) atoms. The second kappa shape index (κ2) is 5.70. The van der Waals surface area contributed by atoms with Crippen LogP contribution in [-0.4, -0.2) is 23.5 Å². The van der Waals surface area contributed by atoms with Crippen molar-refractivity contribution in [2.24, 2.45) is 0 Å². The number of aromatic nitrogens is 2. The zero-order valence-corrected chi connectivity index (χ0v) is 12.4. The lowest BCUT2D eigenvalue weighted by atomic mass is 10.3. The van der Waals surface area contributed by atoms with Crippen LogP contribution >= 0.6 is 11.6 Å². The molecule has 0 bridgehead atoms. The van der Waals surface area contributed by atoms with Gasteiger partial charge in [-0.1, -0.05) is 18.5 Å². The molecule has 0 amide bonds. The molecule has 1 aromatic carbocycles. The van der Waals surface area contributed by atoms with E-state index in [2.05, 4.69) is 14.9 Å². The smallest absolute Gasteiger partial charge is 0.270 e. The summed E-state index contributed by atoms with van der Waals surface area (Å²) in [6, 6.07) is 4.72. The Kier molecular flexibility index (Phi) is 4.14. The summed E-state index contributed by atoms with van der Waals surface area (Å²) in [7, 11) is -4.06. The fourth-order valence-corrected chi connectivity index (χ4v) is 3.11. The summed E-state index contributed by atoms with van der Waals surface area (Å²) in [6.45, 7) is 1.88. The maximum absolute atomic E-state index is 12.2. The molecule has 0 saturated carbocycles. The lowest BCUT2D eigenvalue weighted by Gasteiger charge is -2.06. The molecule has 8 nitrogen and oxygen atoms in total. The molecular weight excluding hydrogens is 320 g/mol. The van der Waals surface area contributed by atoms with Crippen molar-refractivity contribution in [3.63, 3.8) is 0 Å². The van der Waals surface area contributed by atoms with Crippen molar-refractivity contribution in [2.75, 3.05) is 4.72 Å². The van der Waals surface area contributed by atoms with Crippen molar-refractivity contribution in [1.29, 1.82) is 0 Å². The Morgan fingerprint density at radius 3 is 2.71 bits per heavy atom. The molecule has 2 aromatic rings. The van der Waals surface area contributed by atoms with Crippen LogP contribution < -0.4 is 4.72 Å². The lowest BCUT2D eigenvalue weighted by molar-refractivity contribution is -0.385. The number of rotatable bonds is 5. The van der Waals surface area contributed by atoms with Gasteiger partial charge in [-0.15, -0.1) is 0 Å². The molecule has 0 radical (unpaired) electrons. The number of halogens is 1. The zero-order valence-electron chi connectivity index (χ0n) is 10.8. The van der Waals surface area contributed by atoms with Gasteiger partial charge in [0.05, 0.1) is 9.95 Å². The van der Waals surface area contributed by atoms with E-state index in [0.717, 1.165) is 23.9 Å². The zero-order chi connectivity index (χ0) is 15.6. The number of nitrogens with one attached hydrogen (secondary N) is 2. The molecule has 0 fully saturated rings. The third kappa shape index (κ3) is 3.31. The summed E-state index contributed by atoms with van der Waals surface area (Å²) in [5.74, 6) is 0.0921. The van der Waals surface area contributed by atoms with E-state index in [0.29, 0.717) is 6.42 Å². The Morgan fingerprint density at radius 2 is 2.14 bits per heavy atom. The fraction of sp³-hybridized carbons (Fsp3) is 0.182. The molecule has 2 rings (SSSR count). The van der Waals surface area contributed by atoms with Gasteiger partial charge in [-0.3, -0.25) is 19.9 Å². The first-order chi connectivity index (χ1) is 9.83. The molecule has 1 heterocycles. The Labute approximate surface area is 125 Å². The van der Waals surface area contributed by atoms with Crippen LogP contribution in [0.4, 0.5) is 11.5 Å². The van der Waals surface area contributed by atoms with Gasteiger partial charge in [-0.2, -0.15) is 5.10 Å². The number of aryl methyl sites for hydroxylation is 1. The van der Waals surface area contributed by atoms with Crippen LogP contribution in [0.2, 0.25) is 5.02 Å². The average Bonchev–Trinajstić information content (AvgIpc) is 2.85. The minimum absolute atomic E-state index is 0.0921. The van der Waals surface area contributed by atoms with Gasteiger partial charge >= 0.3 is 0 Å². The number of sulfonamides is 1. The van der Waals surface area contributed by atoms with Crippen LogP contribution in [0.25, 0.3) is 0 Å². The van der Waals surface area contributed by atoms with E-state index in [-0.39, 0.29) is 21.4 Å². The van der Waals surface area contributed by atoms with Gasteiger partial charge in [0.25, 0.3) is 15.7 Å². The molecule has 0 spiro atoms. The fourth-order valence-electron chi connectivity index (χ4n) is 1.60. The van der Waals surface area contributed by atoms with E-state index in [4.69, 9.17) is 11.6 Å². The van der Waals surface area contributed by atoms with E-state index < -0.39 is 14.9 Å². The SMILES string of the molecule is CCc1cc(NS(=O)(=O)c2cc([N+](=O)[O-])ccc2Cl)n[nH]1. The molecule has 0 aliphatic rings. The molecule has 1 aromatic heterocycles. The van der Waals surface area contributed by atoms with Crippen molar-refractivity contribution >= 4 is 33.1 Å². The minimum Gasteiger partial charge on any atom is -0.280 e. The standard InChI is InChI=1S/C11H11ClN4O4S/c1-2-7-5-11(14-13-7)15-21(19,20)10-6-8(16(17)18)3-4-9(10)12/h3-6H,2H2,1H3,(H2,13,14,15). The van der Waals surface area contributed by atoms with Crippen LogP contribution in [0.1, 0.15) is 12.6 Å². The maximum Gasteiger partial charge on any atom is 0.270 e. The summed E-state index contributed by atoms with van der Waals surface area (Å²) in [4.78, 5) is 9.65. The number of anilines is 1. The molecule has 2 N–H and O–H groups in total. The molecule has 0 aliphatic carbocycles. The van der Waals surface area contributed by atoms with Gasteiger partial charge in [0.1, 0.15) is 4.90 Å². The van der Waals surface area contributed by atoms with E-state index >= 15 is 0 Å². The van der Waals surface area contributed by atoms with E-state index in [9.17, 15) is 18.5 Å². The summed E-state index contributed by atoms with van der Waals surface area (Å²) in [6.07, 6.45) is 0.659. The maximum atomic E-state index is 12.2. The Bertz CT molecular complexity index is 787. The highest BCUT2D eigenvalue weighted by Crippen LogP contribution is 2.27. The van der Waals surface area contributed by atoms with Gasteiger partial charge < -0.3 is 0 Å². The van der Waals surface area contributed by atoms with Crippen molar-refractivity contribution in [1.82, 2.24) is 10.2 Å². The summed E-state index contributed by atoms with van der Waals surface area (Å²) in [5, 5.41) is 17.1. The molecule has 0 unspecified atom stereocenters. The predicted molar refractivity (Wildman–Crippen MR) is 76.9 cm³/mol. The number of hydrogen-bond donors (Lipinski definition) is 2. The summed E-state index contributed by atoms with van der Waals surface area (Å²) < 4.78 is 26.7. The second-order valence-corrected chi connectivity index (χ2v) is 6.17. The summed E-state index contributed by atoms with van der Waals surface area (Å²) in [5.41, 5.74) is 0.383. The number of benzene rings is 1. The molecule has 0 aliphatic heterocycles. The van der Waals surface area contributed by atoms with Gasteiger partial charge in [0.15, 0.2) is 5.82 Å². The van der Waals surface area contributed by atoms with Gasteiger partial charge in [0, 0.05) is 23.9 Å². The first kappa shape index (κ1) is 15.3. The second-order valence-electron chi connectivity index (χ2n) is 4.11. The number of H-pyrrole nitrogens is 1. The third-order valence-electron chi connectivity index (χ3n) is 2.67. The monoisotopic (exact) mass is 330 g/mol. The number of aromatic amines is 1. The van der Waals surface area contributed by atoms with Gasteiger partial charge in [-0.05, 0) is 12.5 Å². The van der Waals surface area contributed by atoms with Crippen molar-refractivity contribution in [3.05, 3.63) is 45.1 Å². The highest BCUT2D eigenvalue weighted by molar-refractivity contribution is 7.92. The summed E-state index contributed by atoms with van der Waals surface area (Å²) >= 11 is 5.81. The molecular formula is C11H11ClN4O4S. The van der Waals surface area contributed by atoms with E-state index in [1.807, 2.05) is 6.92 Å². The Hall–Kier alpha value is -2.13. The van der Waals surface area contributed by atoms with Crippen molar-refractivity contribution in [2.45, 2.75) is 18.2 Å². The largest absolute Gasteiger partial charge is 0.280 e. The molecule has 10 heteroatoms. The average molecular weight is 331 g/mol. The van der Waals surface area contributed by atoms with Gasteiger partial charge in [0.2, 0.25) is 0 Å². The predicted octanol–water partition coefficient (Wildman–Crippen LogP) is 2.33. The normalized spacial score (nSPS) is 11.3. The quantitative estimate of drug-likeness (QED) is 0.644. The number of nitro benzene ring substituents is 1. The molecule has 112 valence electrons. The molecule has 0 atom stereocenters. The lowest BCUT2D eigenvalue weighted by Crippen LogP contribution is -2.14. The van der Waals surface area contributed by atoms with Crippen LogP contribution in [0.3, 0.4) is 0 Å². The number of nitrogens with zero attached hydrogens (tertiary/aromatic N) is 2. The Balaban J connectivity index is 2.39. The topological polar surface area (TPSA) is 118 Å². The van der Waals surface area contributed by atoms with Gasteiger partial charge in [-0.25, -0.2) is 8.42 Å². The van der Waals surface area contributed by atoms with Crippen molar-refractivity contribution in [3.8, 4) is 0 Å². The first-order valence-corrected chi connectivity index (χ1v) is 7.70. The van der Waals surface area contributed by atoms with Crippen molar-refractivity contribution < 1.29 is 13.3 Å². The number of nitro groups is 1. The third-order valence-corrected chi connectivity index (χ3v) is 4.50. The van der Waals surface area contributed by atoms with E-state index in [1.54, 1.807) is 0 Å². The molecule has 0 saturated heterocycles. The van der Waals surface area contributed by atoms with Crippen LogP contribution in [0.5, 0.6) is 0 Å². The Morgan fingerprint density at radius 1 is 1.43 bits per heavy atom. The number of non-ortho nitro benzene ring substituents is 1.